The van der Waals surface area contributed by atoms with E-state index in [0.29, 0.717) is 24.4 Å². The average Bonchev–Trinajstić information content (AvgIpc) is 2.48. The highest BCUT2D eigenvalue weighted by molar-refractivity contribution is 5.93. The molecule has 0 saturated carbocycles. The molecule has 5 nitrogen and oxygen atoms in total. The van der Waals surface area contributed by atoms with Crippen LogP contribution >= 0.6 is 0 Å². The quantitative estimate of drug-likeness (QED) is 0.903. The second kappa shape index (κ2) is 5.56. The van der Waals surface area contributed by atoms with Crippen molar-refractivity contribution >= 4 is 11.7 Å². The van der Waals surface area contributed by atoms with Crippen molar-refractivity contribution < 1.29 is 14.6 Å². The van der Waals surface area contributed by atoms with Gasteiger partial charge >= 0.3 is 5.97 Å². The van der Waals surface area contributed by atoms with Gasteiger partial charge in [0.15, 0.2) is 5.75 Å². The Kier molecular flexibility index (Phi) is 3.76. The molecule has 114 valence electrons. The molecule has 1 fully saturated rings. The minimum absolute atomic E-state index is 0.262. The first kappa shape index (κ1) is 14.2. The molecular formula is C16H22N2O3. The Morgan fingerprint density at radius 2 is 2.19 bits per heavy atom. The van der Waals surface area contributed by atoms with Crippen molar-refractivity contribution in [2.45, 2.75) is 31.8 Å². The molecule has 0 aliphatic carbocycles. The van der Waals surface area contributed by atoms with Gasteiger partial charge in [-0.3, -0.25) is 0 Å². The van der Waals surface area contributed by atoms with Gasteiger partial charge in [0.25, 0.3) is 0 Å². The number of rotatable bonds is 2. The van der Waals surface area contributed by atoms with Crippen LogP contribution in [-0.2, 0) is 0 Å². The number of likely N-dealkylation sites (tertiary alicyclic amines) is 1. The van der Waals surface area contributed by atoms with Crippen LogP contribution in [0.4, 0.5) is 5.69 Å². The number of anilines is 1. The van der Waals surface area contributed by atoms with Crippen LogP contribution in [0.2, 0.25) is 0 Å². The lowest BCUT2D eigenvalue weighted by molar-refractivity contribution is 0.0691. The Labute approximate surface area is 125 Å². The molecule has 5 heteroatoms. The van der Waals surface area contributed by atoms with Crippen LogP contribution in [0.1, 0.15) is 30.1 Å². The molecule has 1 aromatic carbocycles. The molecule has 3 rings (SSSR count). The molecule has 2 aliphatic heterocycles. The van der Waals surface area contributed by atoms with Crippen LogP contribution in [0.5, 0.6) is 5.75 Å². The number of piperidine rings is 1. The minimum Gasteiger partial charge on any atom is -0.489 e. The van der Waals surface area contributed by atoms with Crippen LogP contribution in [0, 0.1) is 0 Å². The van der Waals surface area contributed by atoms with Crippen molar-refractivity contribution in [3.8, 4) is 5.75 Å². The van der Waals surface area contributed by atoms with Crippen molar-refractivity contribution in [3.05, 3.63) is 23.8 Å². The maximum absolute atomic E-state index is 11.3. The average molecular weight is 290 g/mol. The van der Waals surface area contributed by atoms with Gasteiger partial charge in [-0.25, -0.2) is 4.79 Å². The van der Waals surface area contributed by atoms with Crippen LogP contribution in [0.3, 0.4) is 0 Å². The number of para-hydroxylation sites is 1. The van der Waals surface area contributed by atoms with Gasteiger partial charge in [-0.1, -0.05) is 6.07 Å². The predicted molar refractivity (Wildman–Crippen MR) is 81.4 cm³/mol. The smallest absolute Gasteiger partial charge is 0.339 e. The number of carboxylic acids is 1. The van der Waals surface area contributed by atoms with Crippen LogP contribution in [0.15, 0.2) is 18.2 Å². The van der Waals surface area contributed by atoms with Gasteiger partial charge in [-0.05, 0) is 38.9 Å². The Bertz CT molecular complexity index is 546. The number of benzene rings is 1. The van der Waals surface area contributed by atoms with Gasteiger partial charge < -0.3 is 19.6 Å². The molecule has 0 amide bonds. The summed E-state index contributed by atoms with van der Waals surface area (Å²) in [5.74, 6) is -0.395. The lowest BCUT2D eigenvalue weighted by Crippen LogP contribution is -2.50. The third kappa shape index (κ3) is 2.58. The van der Waals surface area contributed by atoms with E-state index in [1.54, 1.807) is 6.07 Å². The van der Waals surface area contributed by atoms with Gasteiger partial charge in [0.2, 0.25) is 0 Å². The second-order valence-electron chi connectivity index (χ2n) is 6.01. The predicted octanol–water partition coefficient (Wildman–Crippen LogP) is 2.07. The summed E-state index contributed by atoms with van der Waals surface area (Å²) in [5.41, 5.74) is 1.20. The van der Waals surface area contributed by atoms with Gasteiger partial charge in [0.1, 0.15) is 12.2 Å². The SMILES string of the molecule is CC1CC(N2CCOc3c(C(=O)O)cccc32)CCN1C. The summed E-state index contributed by atoms with van der Waals surface area (Å²) in [6.07, 6.45) is 2.21. The first-order valence-electron chi connectivity index (χ1n) is 7.54. The fourth-order valence-electron chi connectivity index (χ4n) is 3.36. The zero-order valence-electron chi connectivity index (χ0n) is 12.6. The zero-order valence-corrected chi connectivity index (χ0v) is 12.6. The van der Waals surface area contributed by atoms with E-state index in [9.17, 15) is 9.90 Å². The van der Waals surface area contributed by atoms with E-state index in [-0.39, 0.29) is 5.56 Å². The van der Waals surface area contributed by atoms with Crippen LogP contribution < -0.4 is 9.64 Å². The minimum atomic E-state index is -0.926. The van der Waals surface area contributed by atoms with Gasteiger partial charge in [-0.15, -0.1) is 0 Å². The van der Waals surface area contributed by atoms with Crippen molar-refractivity contribution in [1.82, 2.24) is 4.90 Å². The summed E-state index contributed by atoms with van der Waals surface area (Å²) in [4.78, 5) is 16.1. The standard InChI is InChI=1S/C16H22N2O3/c1-11-10-12(6-7-17(11)2)18-8-9-21-15-13(16(19)20)4-3-5-14(15)18/h3-5,11-12H,6-10H2,1-2H3,(H,19,20). The Balaban J connectivity index is 1.91. The van der Waals surface area contributed by atoms with E-state index in [4.69, 9.17) is 4.74 Å². The molecule has 0 aromatic heterocycles. The molecule has 2 unspecified atom stereocenters. The van der Waals surface area contributed by atoms with E-state index >= 15 is 0 Å². The Hall–Kier alpha value is -1.75. The third-order valence-electron chi connectivity index (χ3n) is 4.73. The normalized spacial score (nSPS) is 26.1. The van der Waals surface area contributed by atoms with E-state index in [1.165, 1.54) is 0 Å². The molecule has 2 atom stereocenters. The summed E-state index contributed by atoms with van der Waals surface area (Å²) in [6, 6.07) is 6.41. The fraction of sp³-hybridized carbons (Fsp3) is 0.562. The Morgan fingerprint density at radius 3 is 2.90 bits per heavy atom. The number of carbonyl (C=O) groups is 1. The highest BCUT2D eigenvalue weighted by Gasteiger charge is 2.32. The lowest BCUT2D eigenvalue weighted by Gasteiger charge is -2.44. The zero-order chi connectivity index (χ0) is 15.0. The summed E-state index contributed by atoms with van der Waals surface area (Å²) < 4.78 is 5.65. The van der Waals surface area contributed by atoms with Gasteiger partial charge in [0, 0.05) is 18.6 Å². The lowest BCUT2D eigenvalue weighted by atomic mass is 9.96. The van der Waals surface area contributed by atoms with Crippen molar-refractivity contribution in [2.24, 2.45) is 0 Å². The topological polar surface area (TPSA) is 53.0 Å². The highest BCUT2D eigenvalue weighted by atomic mass is 16.5. The first-order chi connectivity index (χ1) is 10.1. The number of hydrogen-bond acceptors (Lipinski definition) is 4. The highest BCUT2D eigenvalue weighted by Crippen LogP contribution is 2.38. The maximum Gasteiger partial charge on any atom is 0.339 e. The van der Waals surface area contributed by atoms with Gasteiger partial charge in [0.05, 0.1) is 12.2 Å². The molecule has 2 heterocycles. The van der Waals surface area contributed by atoms with Crippen molar-refractivity contribution in [2.75, 3.05) is 31.6 Å². The van der Waals surface area contributed by atoms with Crippen molar-refractivity contribution in [1.29, 1.82) is 0 Å². The summed E-state index contributed by atoms with van der Waals surface area (Å²) >= 11 is 0. The molecule has 0 bridgehead atoms. The summed E-state index contributed by atoms with van der Waals surface area (Å²) in [5, 5.41) is 9.31. The fourth-order valence-corrected chi connectivity index (χ4v) is 3.36. The number of ether oxygens (including phenoxy) is 1. The summed E-state index contributed by atoms with van der Waals surface area (Å²) in [7, 11) is 2.16. The van der Waals surface area contributed by atoms with E-state index in [1.807, 2.05) is 12.1 Å². The Morgan fingerprint density at radius 1 is 1.38 bits per heavy atom. The number of carboxylic acid groups (broad SMARTS) is 1. The van der Waals surface area contributed by atoms with Crippen molar-refractivity contribution in [3.63, 3.8) is 0 Å². The molecule has 1 saturated heterocycles. The van der Waals surface area contributed by atoms with Gasteiger partial charge in [-0.2, -0.15) is 0 Å². The monoisotopic (exact) mass is 290 g/mol. The largest absolute Gasteiger partial charge is 0.489 e. The molecular weight excluding hydrogens is 268 g/mol. The van der Waals surface area contributed by atoms with Crippen LogP contribution in [-0.4, -0.2) is 54.8 Å². The number of hydrogen-bond donors (Lipinski definition) is 1. The molecule has 21 heavy (non-hydrogen) atoms. The summed E-state index contributed by atoms with van der Waals surface area (Å²) in [6.45, 7) is 4.72. The molecule has 0 radical (unpaired) electrons. The molecule has 0 spiro atoms. The molecule has 1 N–H and O–H groups in total. The molecule has 1 aromatic rings. The number of aromatic carboxylic acids is 1. The van der Waals surface area contributed by atoms with E-state index < -0.39 is 5.97 Å². The third-order valence-corrected chi connectivity index (χ3v) is 4.73. The molecule has 2 aliphatic rings. The number of nitrogens with zero attached hydrogens (tertiary/aromatic N) is 2. The second-order valence-corrected chi connectivity index (χ2v) is 6.01. The van der Waals surface area contributed by atoms with Crippen LogP contribution in [0.25, 0.3) is 0 Å². The number of fused-ring (bicyclic) bond motifs is 1. The first-order valence-corrected chi connectivity index (χ1v) is 7.54. The van der Waals surface area contributed by atoms with E-state index in [0.717, 1.165) is 31.6 Å². The van der Waals surface area contributed by atoms with E-state index in [2.05, 4.69) is 23.8 Å². The maximum atomic E-state index is 11.3.